The zero-order chi connectivity index (χ0) is 12.5. The van der Waals surface area contributed by atoms with Crippen molar-refractivity contribution in [1.29, 1.82) is 0 Å². The SMILES string of the molecule is Cc1csc(CN(C)c2ncnc3[nH]ncc23)n1. The number of thiazole rings is 1. The van der Waals surface area contributed by atoms with Gasteiger partial charge in [0, 0.05) is 18.1 Å². The highest BCUT2D eigenvalue weighted by Crippen LogP contribution is 2.22. The summed E-state index contributed by atoms with van der Waals surface area (Å²) in [6.45, 7) is 2.73. The Morgan fingerprint density at radius 1 is 1.39 bits per heavy atom. The van der Waals surface area contributed by atoms with Gasteiger partial charge in [-0.1, -0.05) is 0 Å². The quantitative estimate of drug-likeness (QED) is 0.777. The van der Waals surface area contributed by atoms with Crippen LogP contribution in [0.1, 0.15) is 10.7 Å². The first-order chi connectivity index (χ1) is 8.74. The molecular formula is C11H12N6S. The van der Waals surface area contributed by atoms with Crippen LogP contribution in [0.15, 0.2) is 17.9 Å². The standard InChI is InChI=1S/C11H12N6S/c1-7-5-18-9(15-7)4-17(2)11-8-3-14-16-10(8)12-6-13-11/h3,5-6H,4H2,1-2H3,(H,12,13,14,16). The van der Waals surface area contributed by atoms with Crippen molar-refractivity contribution in [2.24, 2.45) is 0 Å². The highest BCUT2D eigenvalue weighted by molar-refractivity contribution is 7.09. The molecule has 7 heteroatoms. The molecule has 0 aliphatic heterocycles. The average molecular weight is 260 g/mol. The smallest absolute Gasteiger partial charge is 0.160 e. The number of anilines is 1. The number of aromatic nitrogens is 5. The van der Waals surface area contributed by atoms with Gasteiger partial charge in [-0.15, -0.1) is 11.3 Å². The molecule has 0 saturated heterocycles. The van der Waals surface area contributed by atoms with Crippen molar-refractivity contribution in [3.8, 4) is 0 Å². The Balaban J connectivity index is 1.92. The minimum Gasteiger partial charge on any atom is -0.352 e. The fraction of sp³-hybridized carbons (Fsp3) is 0.273. The van der Waals surface area contributed by atoms with E-state index in [-0.39, 0.29) is 0 Å². The summed E-state index contributed by atoms with van der Waals surface area (Å²) in [5.41, 5.74) is 1.81. The molecule has 0 spiro atoms. The molecule has 6 nitrogen and oxygen atoms in total. The summed E-state index contributed by atoms with van der Waals surface area (Å²) >= 11 is 1.66. The number of hydrogen-bond donors (Lipinski definition) is 1. The Morgan fingerprint density at radius 3 is 3.06 bits per heavy atom. The van der Waals surface area contributed by atoms with Gasteiger partial charge in [0.05, 0.1) is 18.1 Å². The summed E-state index contributed by atoms with van der Waals surface area (Å²) in [5.74, 6) is 0.863. The predicted octanol–water partition coefficient (Wildman–Crippen LogP) is 1.75. The number of fused-ring (bicyclic) bond motifs is 1. The second kappa shape index (κ2) is 4.34. The van der Waals surface area contributed by atoms with Gasteiger partial charge in [-0.3, -0.25) is 5.10 Å². The number of nitrogens with one attached hydrogen (secondary N) is 1. The lowest BCUT2D eigenvalue weighted by Crippen LogP contribution is -2.17. The van der Waals surface area contributed by atoms with Crippen LogP contribution in [-0.4, -0.2) is 32.2 Å². The van der Waals surface area contributed by atoms with Gasteiger partial charge in [0.2, 0.25) is 0 Å². The van der Waals surface area contributed by atoms with Gasteiger partial charge in [0.1, 0.15) is 17.2 Å². The maximum absolute atomic E-state index is 4.45. The molecule has 0 radical (unpaired) electrons. The third kappa shape index (κ3) is 1.92. The lowest BCUT2D eigenvalue weighted by molar-refractivity contribution is 0.885. The molecule has 0 unspecified atom stereocenters. The first kappa shape index (κ1) is 11.1. The summed E-state index contributed by atoms with van der Waals surface area (Å²) < 4.78 is 0. The van der Waals surface area contributed by atoms with Crippen molar-refractivity contribution in [2.75, 3.05) is 11.9 Å². The van der Waals surface area contributed by atoms with E-state index in [2.05, 4.69) is 35.4 Å². The van der Waals surface area contributed by atoms with Gasteiger partial charge in [0.25, 0.3) is 0 Å². The number of nitrogens with zero attached hydrogens (tertiary/aromatic N) is 5. The largest absolute Gasteiger partial charge is 0.352 e. The molecule has 3 rings (SSSR count). The fourth-order valence-corrected chi connectivity index (χ4v) is 2.63. The van der Waals surface area contributed by atoms with E-state index in [9.17, 15) is 0 Å². The van der Waals surface area contributed by atoms with E-state index in [1.165, 1.54) is 0 Å². The van der Waals surface area contributed by atoms with E-state index in [0.717, 1.165) is 34.1 Å². The first-order valence-electron chi connectivity index (χ1n) is 5.50. The topological polar surface area (TPSA) is 70.6 Å². The van der Waals surface area contributed by atoms with Crippen LogP contribution in [0.25, 0.3) is 11.0 Å². The number of hydrogen-bond acceptors (Lipinski definition) is 6. The number of rotatable bonds is 3. The maximum Gasteiger partial charge on any atom is 0.160 e. The van der Waals surface area contributed by atoms with Crippen LogP contribution in [0.5, 0.6) is 0 Å². The lowest BCUT2D eigenvalue weighted by Gasteiger charge is -2.16. The highest BCUT2D eigenvalue weighted by Gasteiger charge is 2.11. The Kier molecular flexibility index (Phi) is 2.67. The minimum absolute atomic E-state index is 0.732. The minimum atomic E-state index is 0.732. The molecule has 18 heavy (non-hydrogen) atoms. The van der Waals surface area contributed by atoms with Crippen LogP contribution in [0.2, 0.25) is 0 Å². The van der Waals surface area contributed by atoms with Crippen molar-refractivity contribution >= 4 is 28.2 Å². The van der Waals surface area contributed by atoms with E-state index in [1.807, 2.05) is 14.0 Å². The fourth-order valence-electron chi connectivity index (χ4n) is 1.81. The maximum atomic E-state index is 4.45. The van der Waals surface area contributed by atoms with E-state index < -0.39 is 0 Å². The van der Waals surface area contributed by atoms with Crippen molar-refractivity contribution in [3.63, 3.8) is 0 Å². The Morgan fingerprint density at radius 2 is 2.28 bits per heavy atom. The summed E-state index contributed by atoms with van der Waals surface area (Å²) in [7, 11) is 1.99. The monoisotopic (exact) mass is 260 g/mol. The van der Waals surface area contributed by atoms with Gasteiger partial charge in [-0.2, -0.15) is 5.10 Å². The molecule has 3 aromatic heterocycles. The molecule has 0 bridgehead atoms. The van der Waals surface area contributed by atoms with Gasteiger partial charge in [-0.25, -0.2) is 15.0 Å². The molecule has 0 fully saturated rings. The normalized spacial score (nSPS) is 11.0. The van der Waals surface area contributed by atoms with Crippen LogP contribution in [0.3, 0.4) is 0 Å². The predicted molar refractivity (Wildman–Crippen MR) is 70.6 cm³/mol. The number of aromatic amines is 1. The van der Waals surface area contributed by atoms with Gasteiger partial charge >= 0.3 is 0 Å². The molecule has 0 atom stereocenters. The van der Waals surface area contributed by atoms with Crippen LogP contribution < -0.4 is 4.90 Å². The molecule has 0 aliphatic carbocycles. The van der Waals surface area contributed by atoms with Gasteiger partial charge in [0.15, 0.2) is 5.65 Å². The first-order valence-corrected chi connectivity index (χ1v) is 6.38. The van der Waals surface area contributed by atoms with Crippen molar-refractivity contribution in [2.45, 2.75) is 13.5 Å². The second-order valence-electron chi connectivity index (χ2n) is 4.07. The molecule has 3 heterocycles. The molecular weight excluding hydrogens is 248 g/mol. The number of H-pyrrole nitrogens is 1. The molecule has 0 saturated carbocycles. The van der Waals surface area contributed by atoms with E-state index in [0.29, 0.717) is 0 Å². The molecule has 0 aromatic carbocycles. The Hall–Kier alpha value is -2.02. The van der Waals surface area contributed by atoms with E-state index in [1.54, 1.807) is 23.9 Å². The zero-order valence-electron chi connectivity index (χ0n) is 10.1. The summed E-state index contributed by atoms with van der Waals surface area (Å²) in [5, 5.41) is 10.9. The van der Waals surface area contributed by atoms with E-state index in [4.69, 9.17) is 0 Å². The van der Waals surface area contributed by atoms with Gasteiger partial charge in [-0.05, 0) is 6.92 Å². The highest BCUT2D eigenvalue weighted by atomic mass is 32.1. The molecule has 0 aliphatic rings. The van der Waals surface area contributed by atoms with Crippen LogP contribution in [0, 0.1) is 6.92 Å². The third-order valence-electron chi connectivity index (χ3n) is 2.63. The second-order valence-corrected chi connectivity index (χ2v) is 5.01. The lowest BCUT2D eigenvalue weighted by atomic mass is 10.3. The molecule has 92 valence electrons. The summed E-state index contributed by atoms with van der Waals surface area (Å²) in [6.07, 6.45) is 3.29. The average Bonchev–Trinajstić information content (AvgIpc) is 2.97. The summed E-state index contributed by atoms with van der Waals surface area (Å²) in [6, 6.07) is 0. The van der Waals surface area contributed by atoms with Crippen LogP contribution >= 0.6 is 11.3 Å². The van der Waals surface area contributed by atoms with Crippen LogP contribution in [-0.2, 0) is 6.54 Å². The molecule has 1 N–H and O–H groups in total. The Labute approximate surface area is 108 Å². The van der Waals surface area contributed by atoms with Crippen molar-refractivity contribution in [3.05, 3.63) is 28.6 Å². The van der Waals surface area contributed by atoms with Crippen LogP contribution in [0.4, 0.5) is 5.82 Å². The number of aryl methyl sites for hydroxylation is 1. The Bertz CT molecular complexity index is 673. The third-order valence-corrected chi connectivity index (χ3v) is 3.58. The molecule has 0 amide bonds. The molecule has 3 aromatic rings. The van der Waals surface area contributed by atoms with Crippen molar-refractivity contribution < 1.29 is 0 Å². The summed E-state index contributed by atoms with van der Waals surface area (Å²) in [4.78, 5) is 14.9. The van der Waals surface area contributed by atoms with Crippen molar-refractivity contribution in [1.82, 2.24) is 25.1 Å². The zero-order valence-corrected chi connectivity index (χ0v) is 10.9. The van der Waals surface area contributed by atoms with E-state index >= 15 is 0 Å². The van der Waals surface area contributed by atoms with Gasteiger partial charge < -0.3 is 4.90 Å².